The molecule has 16 heavy (non-hydrogen) atoms. The van der Waals surface area contributed by atoms with Gasteiger partial charge in [-0.1, -0.05) is 0 Å². The first kappa shape index (κ1) is 12.3. The molecule has 0 aromatic rings. The summed E-state index contributed by atoms with van der Waals surface area (Å²) in [6, 6.07) is 0. The number of hydrogen-bond acceptors (Lipinski definition) is 6. The van der Waals surface area contributed by atoms with E-state index < -0.39 is 19.7 Å². The van der Waals surface area contributed by atoms with Crippen molar-refractivity contribution in [1.29, 1.82) is 0 Å². The zero-order valence-electron chi connectivity index (χ0n) is 9.00. The summed E-state index contributed by atoms with van der Waals surface area (Å²) in [6.07, 6.45) is 0. The van der Waals surface area contributed by atoms with Gasteiger partial charge in [-0.25, -0.2) is 26.9 Å². The van der Waals surface area contributed by atoms with Gasteiger partial charge in [-0.2, -0.15) is 0 Å². The Balaban J connectivity index is 1.92. The molecule has 0 aromatic carbocycles. The zero-order chi connectivity index (χ0) is 11.8. The fraction of sp³-hybridized carbons (Fsp3) is 1.00. The van der Waals surface area contributed by atoms with Crippen LogP contribution in [0.15, 0.2) is 0 Å². The minimum atomic E-state index is -2.86. The molecule has 0 spiro atoms. The van der Waals surface area contributed by atoms with Gasteiger partial charge in [-0.05, 0) is 0 Å². The van der Waals surface area contributed by atoms with E-state index >= 15 is 0 Å². The van der Waals surface area contributed by atoms with Crippen LogP contribution in [0.2, 0.25) is 0 Å². The summed E-state index contributed by atoms with van der Waals surface area (Å²) in [6.45, 7) is 1.95. The molecule has 0 unspecified atom stereocenters. The highest BCUT2D eigenvalue weighted by Crippen LogP contribution is 2.11. The lowest BCUT2D eigenvalue weighted by Gasteiger charge is -2.39. The summed E-state index contributed by atoms with van der Waals surface area (Å²) in [5.74, 6) is 0.707. The predicted octanol–water partition coefficient (Wildman–Crippen LogP) is -1.64. The molecule has 0 aliphatic carbocycles. The third-order valence-corrected chi connectivity index (χ3v) is 6.26. The smallest absolute Gasteiger partial charge is 0.152 e. The Hall–Kier alpha value is -0.180. The normalized spacial score (nSPS) is 31.2. The molecule has 2 saturated heterocycles. The molecule has 6 nitrogen and oxygen atoms in total. The molecule has 8 heteroatoms. The van der Waals surface area contributed by atoms with Crippen LogP contribution < -0.4 is 0 Å². The van der Waals surface area contributed by atoms with Gasteiger partial charge in [-0.3, -0.25) is 0 Å². The molecule has 2 aliphatic heterocycles. The van der Waals surface area contributed by atoms with E-state index in [0.717, 1.165) is 0 Å². The molecular weight excluding hydrogens is 252 g/mol. The third kappa shape index (κ3) is 2.93. The van der Waals surface area contributed by atoms with E-state index in [0.29, 0.717) is 26.2 Å². The Morgan fingerprint density at radius 3 is 1.06 bits per heavy atom. The van der Waals surface area contributed by atoms with E-state index in [1.54, 1.807) is 0 Å². The summed E-state index contributed by atoms with van der Waals surface area (Å²) in [4.78, 5) is 0. The van der Waals surface area contributed by atoms with Crippen molar-refractivity contribution in [3.05, 3.63) is 0 Å². The number of rotatable bonds is 1. The second kappa shape index (κ2) is 4.25. The maximum absolute atomic E-state index is 11.2. The highest BCUT2D eigenvalue weighted by Gasteiger charge is 2.29. The Kier molecular flexibility index (Phi) is 3.26. The molecule has 0 aromatic heterocycles. The SMILES string of the molecule is O=S1(=O)CCN(N2CCS(=O)(=O)CC2)CC1. The predicted molar refractivity (Wildman–Crippen MR) is 60.5 cm³/mol. The van der Waals surface area contributed by atoms with Crippen molar-refractivity contribution in [3.63, 3.8) is 0 Å². The van der Waals surface area contributed by atoms with Crippen molar-refractivity contribution in [2.24, 2.45) is 0 Å². The topological polar surface area (TPSA) is 74.8 Å². The van der Waals surface area contributed by atoms with Gasteiger partial charge in [0, 0.05) is 26.2 Å². The van der Waals surface area contributed by atoms with Gasteiger partial charge in [0.25, 0.3) is 0 Å². The fourth-order valence-electron chi connectivity index (χ4n) is 1.97. The van der Waals surface area contributed by atoms with Gasteiger partial charge in [-0.15, -0.1) is 0 Å². The van der Waals surface area contributed by atoms with Gasteiger partial charge in [0.1, 0.15) is 0 Å². The Morgan fingerprint density at radius 2 is 0.812 bits per heavy atom. The first-order valence-corrected chi connectivity index (χ1v) is 8.93. The summed E-state index contributed by atoms with van der Waals surface area (Å²) in [5, 5.41) is 3.94. The first-order valence-electron chi connectivity index (χ1n) is 5.29. The van der Waals surface area contributed by atoms with Crippen LogP contribution in [-0.2, 0) is 19.7 Å². The minimum Gasteiger partial charge on any atom is -0.240 e. The van der Waals surface area contributed by atoms with Crippen molar-refractivity contribution in [2.45, 2.75) is 0 Å². The summed E-state index contributed by atoms with van der Waals surface area (Å²) in [5.41, 5.74) is 0. The summed E-state index contributed by atoms with van der Waals surface area (Å²) in [7, 11) is -5.73. The molecule has 2 heterocycles. The van der Waals surface area contributed by atoms with Crippen molar-refractivity contribution < 1.29 is 16.8 Å². The second-order valence-corrected chi connectivity index (χ2v) is 8.82. The highest BCUT2D eigenvalue weighted by atomic mass is 32.2. The lowest BCUT2D eigenvalue weighted by Crippen LogP contribution is -2.55. The Bertz CT molecular complexity index is 384. The molecule has 2 aliphatic rings. The number of sulfone groups is 2. The molecular formula is C8H16N2O4S2. The van der Waals surface area contributed by atoms with Crippen LogP contribution in [0.3, 0.4) is 0 Å². The van der Waals surface area contributed by atoms with Gasteiger partial charge >= 0.3 is 0 Å². The Morgan fingerprint density at radius 1 is 0.562 bits per heavy atom. The van der Waals surface area contributed by atoms with Crippen LogP contribution in [0.25, 0.3) is 0 Å². The third-order valence-electron chi connectivity index (χ3n) is 3.04. The molecule has 2 rings (SSSR count). The van der Waals surface area contributed by atoms with Crippen molar-refractivity contribution in [3.8, 4) is 0 Å². The molecule has 0 N–H and O–H groups in total. The van der Waals surface area contributed by atoms with Crippen LogP contribution in [-0.4, -0.2) is 76.0 Å². The lowest BCUT2D eigenvalue weighted by atomic mass is 10.5. The highest BCUT2D eigenvalue weighted by molar-refractivity contribution is 7.91. The quantitative estimate of drug-likeness (QED) is 0.568. The van der Waals surface area contributed by atoms with E-state index in [1.807, 2.05) is 10.0 Å². The molecule has 0 atom stereocenters. The standard InChI is InChI=1S/C8H16N2O4S2/c11-15(12)5-1-9(2-6-15)10-3-7-16(13,14)8-4-10/h1-8H2. The van der Waals surface area contributed by atoms with E-state index in [2.05, 4.69) is 0 Å². The van der Waals surface area contributed by atoms with Crippen LogP contribution in [0, 0.1) is 0 Å². The molecule has 94 valence electrons. The largest absolute Gasteiger partial charge is 0.240 e. The molecule has 0 amide bonds. The van der Waals surface area contributed by atoms with Crippen LogP contribution in [0.1, 0.15) is 0 Å². The molecule has 2 fully saturated rings. The van der Waals surface area contributed by atoms with Crippen molar-refractivity contribution in [2.75, 3.05) is 49.2 Å². The average Bonchev–Trinajstić information content (AvgIpc) is 2.19. The van der Waals surface area contributed by atoms with E-state index in [-0.39, 0.29) is 23.0 Å². The molecule has 0 bridgehead atoms. The van der Waals surface area contributed by atoms with Crippen LogP contribution in [0.5, 0.6) is 0 Å². The first-order chi connectivity index (χ1) is 7.38. The van der Waals surface area contributed by atoms with Crippen LogP contribution in [0.4, 0.5) is 0 Å². The summed E-state index contributed by atoms with van der Waals surface area (Å²) >= 11 is 0. The van der Waals surface area contributed by atoms with E-state index in [9.17, 15) is 16.8 Å². The average molecular weight is 268 g/mol. The molecule has 0 saturated carbocycles. The lowest BCUT2D eigenvalue weighted by molar-refractivity contribution is -0.00971. The van der Waals surface area contributed by atoms with Crippen LogP contribution >= 0.6 is 0 Å². The summed E-state index contributed by atoms with van der Waals surface area (Å²) < 4.78 is 45.0. The van der Waals surface area contributed by atoms with Gasteiger partial charge in [0.15, 0.2) is 19.7 Å². The zero-order valence-corrected chi connectivity index (χ0v) is 10.6. The van der Waals surface area contributed by atoms with Gasteiger partial charge in [0.2, 0.25) is 0 Å². The second-order valence-electron chi connectivity index (χ2n) is 4.21. The maximum atomic E-state index is 11.2. The van der Waals surface area contributed by atoms with Crippen molar-refractivity contribution >= 4 is 19.7 Å². The van der Waals surface area contributed by atoms with Crippen molar-refractivity contribution in [1.82, 2.24) is 10.0 Å². The van der Waals surface area contributed by atoms with E-state index in [4.69, 9.17) is 0 Å². The maximum Gasteiger partial charge on any atom is 0.152 e. The Labute approximate surface area is 96.0 Å². The number of hydrogen-bond donors (Lipinski definition) is 0. The van der Waals surface area contributed by atoms with Gasteiger partial charge in [0.05, 0.1) is 23.0 Å². The van der Waals surface area contributed by atoms with E-state index in [1.165, 1.54) is 0 Å². The van der Waals surface area contributed by atoms with Gasteiger partial charge < -0.3 is 0 Å². The monoisotopic (exact) mass is 268 g/mol. The minimum absolute atomic E-state index is 0.177. The number of nitrogens with zero attached hydrogens (tertiary/aromatic N) is 2. The molecule has 0 radical (unpaired) electrons. The fourth-order valence-corrected chi connectivity index (χ4v) is 4.34. The number of hydrazine groups is 1.